The van der Waals surface area contributed by atoms with E-state index in [1.807, 2.05) is 18.2 Å². The van der Waals surface area contributed by atoms with E-state index in [1.165, 1.54) is 5.69 Å². The van der Waals surface area contributed by atoms with Crippen molar-refractivity contribution in [3.05, 3.63) is 45.2 Å². The van der Waals surface area contributed by atoms with Crippen LogP contribution in [0, 0.1) is 13.8 Å². The molecule has 0 radical (unpaired) electrons. The molecule has 4 nitrogen and oxygen atoms in total. The Morgan fingerprint density at radius 3 is 2.45 bits per heavy atom. The first kappa shape index (κ1) is 15.7. The van der Waals surface area contributed by atoms with Gasteiger partial charge in [-0.05, 0) is 31.5 Å². The third-order valence-electron chi connectivity index (χ3n) is 4.19. The number of hydrogen-bond donors (Lipinski definition) is 1. The summed E-state index contributed by atoms with van der Waals surface area (Å²) in [4.78, 5) is 4.84. The first-order valence-electron chi connectivity index (χ1n) is 7.47. The standard InChI is InChI=1S/C16H20Cl2N4/c1-11-16(12(2)20-19-11)22-7-5-21(6-8-22)10-13-3-4-14(17)9-15(13)18/h3-4,9H,5-8,10H2,1-2H3,(H,19,20). The van der Waals surface area contributed by atoms with Crippen LogP contribution in [0.15, 0.2) is 18.2 Å². The van der Waals surface area contributed by atoms with Crippen LogP contribution < -0.4 is 4.90 Å². The lowest BCUT2D eigenvalue weighted by Crippen LogP contribution is -2.46. The molecule has 1 saturated heterocycles. The van der Waals surface area contributed by atoms with E-state index >= 15 is 0 Å². The van der Waals surface area contributed by atoms with Gasteiger partial charge in [0.25, 0.3) is 0 Å². The van der Waals surface area contributed by atoms with E-state index in [0.717, 1.165) is 54.7 Å². The maximum atomic E-state index is 6.27. The molecule has 0 aliphatic carbocycles. The minimum absolute atomic E-state index is 0.685. The van der Waals surface area contributed by atoms with Crippen LogP contribution in [0.4, 0.5) is 5.69 Å². The van der Waals surface area contributed by atoms with Gasteiger partial charge in [-0.15, -0.1) is 0 Å². The van der Waals surface area contributed by atoms with Crippen LogP contribution in [0.2, 0.25) is 10.0 Å². The van der Waals surface area contributed by atoms with Gasteiger partial charge in [-0.25, -0.2) is 0 Å². The van der Waals surface area contributed by atoms with Gasteiger partial charge in [-0.3, -0.25) is 10.00 Å². The molecule has 1 N–H and O–H groups in total. The number of aryl methyl sites for hydroxylation is 2. The van der Waals surface area contributed by atoms with Crippen LogP contribution in [0.1, 0.15) is 17.0 Å². The van der Waals surface area contributed by atoms with Gasteiger partial charge in [0.05, 0.1) is 17.1 Å². The average Bonchev–Trinajstić information content (AvgIpc) is 2.82. The third-order valence-corrected chi connectivity index (χ3v) is 4.77. The summed E-state index contributed by atoms with van der Waals surface area (Å²) in [5.74, 6) is 0. The monoisotopic (exact) mass is 338 g/mol. The average molecular weight is 339 g/mol. The fourth-order valence-electron chi connectivity index (χ4n) is 3.03. The van der Waals surface area contributed by atoms with Gasteiger partial charge in [0.15, 0.2) is 0 Å². The second-order valence-electron chi connectivity index (χ2n) is 5.78. The molecular formula is C16H20Cl2N4. The minimum atomic E-state index is 0.685. The quantitative estimate of drug-likeness (QED) is 0.927. The minimum Gasteiger partial charge on any atom is -0.366 e. The van der Waals surface area contributed by atoms with Gasteiger partial charge < -0.3 is 4.90 Å². The van der Waals surface area contributed by atoms with E-state index in [-0.39, 0.29) is 0 Å². The Morgan fingerprint density at radius 2 is 1.86 bits per heavy atom. The molecule has 0 bridgehead atoms. The van der Waals surface area contributed by atoms with Crippen molar-refractivity contribution in [2.75, 3.05) is 31.1 Å². The second-order valence-corrected chi connectivity index (χ2v) is 6.63. The summed E-state index contributed by atoms with van der Waals surface area (Å²) in [6.07, 6.45) is 0. The van der Waals surface area contributed by atoms with Crippen molar-refractivity contribution in [2.24, 2.45) is 0 Å². The fourth-order valence-corrected chi connectivity index (χ4v) is 3.50. The van der Waals surface area contributed by atoms with Gasteiger partial charge in [-0.1, -0.05) is 29.3 Å². The molecule has 1 aliphatic heterocycles. The van der Waals surface area contributed by atoms with E-state index < -0.39 is 0 Å². The number of piperazine rings is 1. The van der Waals surface area contributed by atoms with Crippen molar-refractivity contribution >= 4 is 28.9 Å². The number of benzene rings is 1. The molecule has 2 aromatic rings. The molecule has 118 valence electrons. The molecule has 1 aromatic heterocycles. The van der Waals surface area contributed by atoms with Crippen LogP contribution >= 0.6 is 23.2 Å². The lowest BCUT2D eigenvalue weighted by atomic mass is 10.2. The van der Waals surface area contributed by atoms with Gasteiger partial charge in [0.1, 0.15) is 0 Å². The zero-order valence-corrected chi connectivity index (χ0v) is 14.4. The van der Waals surface area contributed by atoms with E-state index in [0.29, 0.717) is 5.02 Å². The van der Waals surface area contributed by atoms with Gasteiger partial charge in [0.2, 0.25) is 0 Å². The summed E-state index contributed by atoms with van der Waals surface area (Å²) < 4.78 is 0. The van der Waals surface area contributed by atoms with Crippen LogP contribution in [0.25, 0.3) is 0 Å². The third kappa shape index (κ3) is 3.24. The van der Waals surface area contributed by atoms with Crippen LogP contribution in [-0.4, -0.2) is 41.3 Å². The number of aromatic nitrogens is 2. The Hall–Kier alpha value is -1.23. The summed E-state index contributed by atoms with van der Waals surface area (Å²) >= 11 is 12.2. The van der Waals surface area contributed by atoms with Gasteiger partial charge in [0, 0.05) is 42.8 Å². The van der Waals surface area contributed by atoms with E-state index in [2.05, 4.69) is 33.8 Å². The molecule has 2 heterocycles. The van der Waals surface area contributed by atoms with Gasteiger partial charge >= 0.3 is 0 Å². The summed E-state index contributed by atoms with van der Waals surface area (Å²) in [6, 6.07) is 5.73. The highest BCUT2D eigenvalue weighted by atomic mass is 35.5. The number of hydrogen-bond acceptors (Lipinski definition) is 3. The summed E-state index contributed by atoms with van der Waals surface area (Å²) in [6.45, 7) is 9.05. The Labute approximate surface area is 141 Å². The number of nitrogens with one attached hydrogen (secondary N) is 1. The number of nitrogens with zero attached hydrogens (tertiary/aromatic N) is 3. The van der Waals surface area contributed by atoms with Crippen molar-refractivity contribution in [2.45, 2.75) is 20.4 Å². The zero-order chi connectivity index (χ0) is 15.7. The molecule has 22 heavy (non-hydrogen) atoms. The number of aromatic amines is 1. The molecule has 0 amide bonds. The first-order valence-corrected chi connectivity index (χ1v) is 8.23. The molecular weight excluding hydrogens is 319 g/mol. The van der Waals surface area contributed by atoms with E-state index in [4.69, 9.17) is 23.2 Å². The van der Waals surface area contributed by atoms with Gasteiger partial charge in [-0.2, -0.15) is 5.10 Å². The van der Waals surface area contributed by atoms with Crippen LogP contribution in [-0.2, 0) is 6.54 Å². The Balaban J connectivity index is 1.62. The molecule has 0 unspecified atom stereocenters. The Kier molecular flexibility index (Phi) is 4.62. The topological polar surface area (TPSA) is 35.2 Å². The number of anilines is 1. The summed E-state index contributed by atoms with van der Waals surface area (Å²) in [5.41, 5.74) is 4.61. The second kappa shape index (κ2) is 6.49. The summed E-state index contributed by atoms with van der Waals surface area (Å²) in [5, 5.41) is 8.78. The molecule has 0 spiro atoms. The molecule has 6 heteroatoms. The Morgan fingerprint density at radius 1 is 1.14 bits per heavy atom. The van der Waals surface area contributed by atoms with Crippen LogP contribution in [0.5, 0.6) is 0 Å². The van der Waals surface area contributed by atoms with Crippen molar-refractivity contribution in [1.29, 1.82) is 0 Å². The maximum absolute atomic E-state index is 6.27. The number of H-pyrrole nitrogens is 1. The molecule has 0 atom stereocenters. The number of halogens is 2. The molecule has 1 fully saturated rings. The highest BCUT2D eigenvalue weighted by molar-refractivity contribution is 6.35. The number of rotatable bonds is 3. The predicted molar refractivity (Wildman–Crippen MR) is 92.0 cm³/mol. The van der Waals surface area contributed by atoms with Crippen molar-refractivity contribution in [1.82, 2.24) is 15.1 Å². The SMILES string of the molecule is Cc1n[nH]c(C)c1N1CCN(Cc2ccc(Cl)cc2Cl)CC1. The van der Waals surface area contributed by atoms with Crippen molar-refractivity contribution in [3.63, 3.8) is 0 Å². The summed E-state index contributed by atoms with van der Waals surface area (Å²) in [7, 11) is 0. The predicted octanol–water partition coefficient (Wildman–Crippen LogP) is 3.66. The highest BCUT2D eigenvalue weighted by Crippen LogP contribution is 2.25. The van der Waals surface area contributed by atoms with E-state index in [9.17, 15) is 0 Å². The molecule has 3 rings (SSSR count). The largest absolute Gasteiger partial charge is 0.366 e. The smallest absolute Gasteiger partial charge is 0.0827 e. The normalized spacial score (nSPS) is 16.3. The maximum Gasteiger partial charge on any atom is 0.0827 e. The van der Waals surface area contributed by atoms with Crippen LogP contribution in [0.3, 0.4) is 0 Å². The lowest BCUT2D eigenvalue weighted by Gasteiger charge is -2.36. The van der Waals surface area contributed by atoms with E-state index in [1.54, 1.807) is 0 Å². The lowest BCUT2D eigenvalue weighted by molar-refractivity contribution is 0.250. The van der Waals surface area contributed by atoms with Crippen molar-refractivity contribution < 1.29 is 0 Å². The molecule has 1 aliphatic rings. The molecule has 0 saturated carbocycles. The Bertz CT molecular complexity index is 641. The highest BCUT2D eigenvalue weighted by Gasteiger charge is 2.21. The first-order chi connectivity index (χ1) is 10.5. The zero-order valence-electron chi connectivity index (χ0n) is 12.9. The fraction of sp³-hybridized carbons (Fsp3) is 0.438. The molecule has 1 aromatic carbocycles. The van der Waals surface area contributed by atoms with Crippen molar-refractivity contribution in [3.8, 4) is 0 Å².